The zero-order valence-electron chi connectivity index (χ0n) is 12.5. The largest absolute Gasteiger partial charge is 0.469 e. The number of rotatable bonds is 6. The van der Waals surface area contributed by atoms with Crippen molar-refractivity contribution < 1.29 is 13.6 Å². The van der Waals surface area contributed by atoms with E-state index in [0.717, 1.165) is 11.3 Å². The fourth-order valence-corrected chi connectivity index (χ4v) is 2.15. The highest BCUT2D eigenvalue weighted by atomic mass is 32.2. The van der Waals surface area contributed by atoms with Crippen molar-refractivity contribution in [1.82, 2.24) is 15.5 Å². The van der Waals surface area contributed by atoms with Crippen LogP contribution in [0.1, 0.15) is 26.5 Å². The second-order valence-electron chi connectivity index (χ2n) is 5.15. The smallest absolute Gasteiger partial charge is 0.277 e. The van der Waals surface area contributed by atoms with Crippen LogP contribution in [0.25, 0.3) is 11.5 Å². The van der Waals surface area contributed by atoms with Crippen LogP contribution in [0.4, 0.5) is 0 Å². The Hall–Kier alpha value is -1.76. The second-order valence-corrected chi connectivity index (χ2v) is 6.08. The van der Waals surface area contributed by atoms with Crippen molar-refractivity contribution in [3.63, 3.8) is 0 Å². The monoisotopic (exact) mass is 309 g/mol. The van der Waals surface area contributed by atoms with Gasteiger partial charge in [-0.05, 0) is 25.8 Å². The van der Waals surface area contributed by atoms with Crippen LogP contribution in [0.15, 0.2) is 26.4 Å². The van der Waals surface area contributed by atoms with Crippen LogP contribution < -0.4 is 5.32 Å². The minimum atomic E-state index is -0.0413. The summed E-state index contributed by atoms with van der Waals surface area (Å²) in [6.07, 6.45) is 1.57. The maximum absolute atomic E-state index is 11.8. The Kier molecular flexibility index (Phi) is 5.06. The first-order valence-corrected chi connectivity index (χ1v) is 7.76. The summed E-state index contributed by atoms with van der Waals surface area (Å²) in [7, 11) is 0. The summed E-state index contributed by atoms with van der Waals surface area (Å²) < 4.78 is 10.7. The summed E-state index contributed by atoms with van der Waals surface area (Å²) in [5.41, 5.74) is 0.771. The molecule has 1 atom stereocenters. The standard InChI is InChI=1S/C14H19N3O3S/c1-8(2)9(3)15-12(18)7-21-14-17-16-13(20-14)11-5-6-19-10(11)4/h5-6,8-9H,7H2,1-4H3,(H,15,18)/t9-/m1/s1. The third kappa shape index (κ3) is 4.10. The molecule has 114 valence electrons. The highest BCUT2D eigenvalue weighted by molar-refractivity contribution is 7.99. The highest BCUT2D eigenvalue weighted by Gasteiger charge is 2.15. The van der Waals surface area contributed by atoms with Gasteiger partial charge in [-0.2, -0.15) is 0 Å². The number of furan rings is 1. The Balaban J connectivity index is 1.89. The lowest BCUT2D eigenvalue weighted by Crippen LogP contribution is -2.37. The lowest BCUT2D eigenvalue weighted by molar-refractivity contribution is -0.119. The number of hydrogen-bond acceptors (Lipinski definition) is 6. The molecule has 0 bridgehead atoms. The Morgan fingerprint density at radius 3 is 2.76 bits per heavy atom. The SMILES string of the molecule is Cc1occc1-c1nnc(SCC(=O)N[C@H](C)C(C)C)o1. The molecule has 0 spiro atoms. The number of aromatic nitrogens is 2. The van der Waals surface area contributed by atoms with Crippen molar-refractivity contribution in [1.29, 1.82) is 0 Å². The van der Waals surface area contributed by atoms with Gasteiger partial charge in [0.1, 0.15) is 5.76 Å². The molecular formula is C14H19N3O3S. The molecule has 7 heteroatoms. The van der Waals surface area contributed by atoms with Crippen LogP contribution in [0.2, 0.25) is 0 Å². The molecule has 0 fully saturated rings. The van der Waals surface area contributed by atoms with Crippen LogP contribution in [-0.4, -0.2) is 27.9 Å². The van der Waals surface area contributed by atoms with E-state index >= 15 is 0 Å². The van der Waals surface area contributed by atoms with Crippen LogP contribution in [0.3, 0.4) is 0 Å². The minimum Gasteiger partial charge on any atom is -0.469 e. The molecule has 0 aliphatic heterocycles. The molecule has 1 amide bonds. The predicted molar refractivity (Wildman–Crippen MR) is 79.9 cm³/mol. The molecule has 0 aromatic carbocycles. The summed E-state index contributed by atoms with van der Waals surface area (Å²) in [6.45, 7) is 7.94. The number of aryl methyl sites for hydroxylation is 1. The number of amides is 1. The van der Waals surface area contributed by atoms with E-state index in [0.29, 0.717) is 17.0 Å². The van der Waals surface area contributed by atoms with Crippen LogP contribution in [0.5, 0.6) is 0 Å². The fourth-order valence-electron chi connectivity index (χ4n) is 1.57. The lowest BCUT2D eigenvalue weighted by Gasteiger charge is -2.16. The Bertz CT molecular complexity index is 606. The molecule has 2 aromatic rings. The van der Waals surface area contributed by atoms with Crippen molar-refractivity contribution in [2.24, 2.45) is 5.92 Å². The van der Waals surface area contributed by atoms with E-state index in [1.807, 2.05) is 13.8 Å². The average molecular weight is 309 g/mol. The first-order valence-electron chi connectivity index (χ1n) is 6.77. The summed E-state index contributed by atoms with van der Waals surface area (Å²) in [4.78, 5) is 11.8. The quantitative estimate of drug-likeness (QED) is 0.826. The van der Waals surface area contributed by atoms with Crippen LogP contribution in [-0.2, 0) is 4.79 Å². The van der Waals surface area contributed by atoms with Crippen LogP contribution >= 0.6 is 11.8 Å². The minimum absolute atomic E-state index is 0.0413. The van der Waals surface area contributed by atoms with Gasteiger partial charge in [0.25, 0.3) is 11.1 Å². The predicted octanol–water partition coefficient (Wildman–Crippen LogP) is 2.89. The molecule has 0 radical (unpaired) electrons. The molecule has 0 saturated carbocycles. The maximum atomic E-state index is 11.8. The third-order valence-corrected chi connectivity index (χ3v) is 4.03. The Morgan fingerprint density at radius 1 is 1.38 bits per heavy atom. The zero-order valence-corrected chi connectivity index (χ0v) is 13.4. The van der Waals surface area contributed by atoms with Crippen molar-refractivity contribution in [3.8, 4) is 11.5 Å². The summed E-state index contributed by atoms with van der Waals surface area (Å²) >= 11 is 1.22. The first kappa shape index (κ1) is 15.6. The number of hydrogen-bond donors (Lipinski definition) is 1. The number of nitrogens with one attached hydrogen (secondary N) is 1. The van der Waals surface area contributed by atoms with Gasteiger partial charge in [0, 0.05) is 6.04 Å². The number of carbonyl (C=O) groups excluding carboxylic acids is 1. The Morgan fingerprint density at radius 2 is 2.14 bits per heavy atom. The second kappa shape index (κ2) is 6.80. The van der Waals surface area contributed by atoms with Gasteiger partial charge in [0.15, 0.2) is 0 Å². The van der Waals surface area contributed by atoms with E-state index in [2.05, 4.69) is 29.4 Å². The molecule has 1 N–H and O–H groups in total. The summed E-state index contributed by atoms with van der Waals surface area (Å²) in [6, 6.07) is 1.92. The first-order chi connectivity index (χ1) is 9.97. The van der Waals surface area contributed by atoms with E-state index in [9.17, 15) is 4.79 Å². The van der Waals surface area contributed by atoms with E-state index in [4.69, 9.17) is 8.83 Å². The van der Waals surface area contributed by atoms with Gasteiger partial charge in [-0.3, -0.25) is 4.79 Å². The molecule has 6 nitrogen and oxygen atoms in total. The number of nitrogens with zero attached hydrogens (tertiary/aromatic N) is 2. The van der Waals surface area contributed by atoms with Gasteiger partial charge in [-0.15, -0.1) is 10.2 Å². The molecular weight excluding hydrogens is 290 g/mol. The molecule has 2 rings (SSSR count). The van der Waals surface area contributed by atoms with E-state index in [-0.39, 0.29) is 17.7 Å². The van der Waals surface area contributed by atoms with Gasteiger partial charge in [-0.25, -0.2) is 0 Å². The molecule has 21 heavy (non-hydrogen) atoms. The van der Waals surface area contributed by atoms with Crippen molar-refractivity contribution in [2.75, 3.05) is 5.75 Å². The van der Waals surface area contributed by atoms with E-state index in [1.54, 1.807) is 12.3 Å². The van der Waals surface area contributed by atoms with Crippen LogP contribution in [0, 0.1) is 12.8 Å². The van der Waals surface area contributed by atoms with Gasteiger partial charge in [0.2, 0.25) is 5.91 Å². The molecule has 0 aliphatic rings. The summed E-state index contributed by atoms with van der Waals surface area (Å²) in [5, 5.41) is 11.2. The lowest BCUT2D eigenvalue weighted by atomic mass is 10.1. The summed E-state index contributed by atoms with van der Waals surface area (Å²) in [5.74, 6) is 1.74. The topological polar surface area (TPSA) is 81.2 Å². The van der Waals surface area contributed by atoms with Gasteiger partial charge >= 0.3 is 0 Å². The fraction of sp³-hybridized carbons (Fsp3) is 0.500. The molecule has 0 aliphatic carbocycles. The van der Waals surface area contributed by atoms with Crippen molar-refractivity contribution in [2.45, 2.75) is 39.0 Å². The normalized spacial score (nSPS) is 12.6. The molecule has 0 unspecified atom stereocenters. The Labute approximate surface area is 127 Å². The van der Waals surface area contributed by atoms with Gasteiger partial charge in [-0.1, -0.05) is 25.6 Å². The van der Waals surface area contributed by atoms with E-state index in [1.165, 1.54) is 11.8 Å². The zero-order chi connectivity index (χ0) is 15.4. The van der Waals surface area contributed by atoms with Gasteiger partial charge in [0.05, 0.1) is 17.6 Å². The third-order valence-electron chi connectivity index (χ3n) is 3.21. The molecule has 2 aromatic heterocycles. The van der Waals surface area contributed by atoms with Gasteiger partial charge < -0.3 is 14.2 Å². The average Bonchev–Trinajstić information content (AvgIpc) is 3.04. The number of carbonyl (C=O) groups is 1. The molecule has 0 saturated heterocycles. The van der Waals surface area contributed by atoms with E-state index < -0.39 is 0 Å². The highest BCUT2D eigenvalue weighted by Crippen LogP contribution is 2.26. The number of thioether (sulfide) groups is 1. The molecule has 2 heterocycles. The maximum Gasteiger partial charge on any atom is 0.277 e. The van der Waals surface area contributed by atoms with Crippen molar-refractivity contribution in [3.05, 3.63) is 18.1 Å². The van der Waals surface area contributed by atoms with Crippen molar-refractivity contribution >= 4 is 17.7 Å².